The van der Waals surface area contributed by atoms with Crippen LogP contribution < -0.4 is 10.3 Å². The smallest absolute Gasteiger partial charge is 0.421 e. The number of carbonyl (C=O) groups is 1. The Kier molecular flexibility index (Phi) is 10.00. The van der Waals surface area contributed by atoms with E-state index in [1.807, 2.05) is 13.8 Å². The maximum atomic E-state index is 14.0. The van der Waals surface area contributed by atoms with Gasteiger partial charge in [0.25, 0.3) is 0 Å². The van der Waals surface area contributed by atoms with Crippen molar-refractivity contribution in [1.82, 2.24) is 14.6 Å². The van der Waals surface area contributed by atoms with E-state index >= 15 is 0 Å². The first-order valence-electron chi connectivity index (χ1n) is 14.9. The summed E-state index contributed by atoms with van der Waals surface area (Å²) in [4.78, 5) is 24.9. The molecule has 0 bridgehead atoms. The number of anilines is 1. The van der Waals surface area contributed by atoms with E-state index in [9.17, 15) is 19.6 Å². The fraction of sp³-hybridized carbons (Fsp3) is 0.500. The molecule has 0 aliphatic carbocycles. The molecule has 2 unspecified atom stereocenters. The van der Waals surface area contributed by atoms with Crippen molar-refractivity contribution in [2.75, 3.05) is 25.5 Å². The van der Waals surface area contributed by atoms with Gasteiger partial charge in [-0.05, 0) is 37.1 Å². The molecule has 2 aromatic heterocycles. The number of nitrogen functional groups attached to an aromatic ring is 1. The highest BCUT2D eigenvalue weighted by molar-refractivity contribution is 7.70. The van der Waals surface area contributed by atoms with E-state index in [0.29, 0.717) is 17.8 Å². The summed E-state index contributed by atoms with van der Waals surface area (Å²) in [5, 5.41) is 27.0. The Labute approximate surface area is 260 Å². The van der Waals surface area contributed by atoms with Crippen molar-refractivity contribution in [3.8, 4) is 5.75 Å². The third kappa shape index (κ3) is 6.66. The fourth-order valence-corrected chi connectivity index (χ4v) is 6.67. The normalized spacial score (nSPS) is 26.6. The average molecular weight is 643 g/mol. The van der Waals surface area contributed by atoms with Gasteiger partial charge in [-0.25, -0.2) is 18.9 Å². The Morgan fingerprint density at radius 1 is 1.24 bits per heavy atom. The number of nitrogens with zero attached hydrogens (tertiary/aromatic N) is 5. The number of aliphatic hydroxyl groups is 2. The Morgan fingerprint density at radius 3 is 2.64 bits per heavy atom. The van der Waals surface area contributed by atoms with Crippen LogP contribution >= 0.6 is 7.60 Å². The predicted octanol–water partition coefficient (Wildman–Crippen LogP) is 3.01. The van der Waals surface area contributed by atoms with Crippen LogP contribution in [0.3, 0.4) is 0 Å². The molecule has 4 heterocycles. The van der Waals surface area contributed by atoms with Gasteiger partial charge in [0.15, 0.2) is 5.82 Å². The number of esters is 1. The van der Waals surface area contributed by atoms with Gasteiger partial charge in [-0.1, -0.05) is 44.9 Å². The monoisotopic (exact) mass is 642 g/mol. The number of aliphatic imine (C=N–C) groups is 2. The van der Waals surface area contributed by atoms with Crippen molar-refractivity contribution in [2.45, 2.75) is 63.6 Å². The molecule has 0 saturated carbocycles. The first-order valence-corrected chi connectivity index (χ1v) is 16.6. The van der Waals surface area contributed by atoms with Crippen molar-refractivity contribution in [2.24, 2.45) is 21.8 Å². The number of fused-ring (bicyclic) bond motifs is 1. The average Bonchev–Trinajstić information content (AvgIpc) is 3.56. The van der Waals surface area contributed by atoms with E-state index < -0.39 is 56.0 Å². The number of aromatic nitrogens is 3. The molecule has 242 valence electrons. The van der Waals surface area contributed by atoms with Crippen molar-refractivity contribution >= 4 is 37.1 Å². The maximum Gasteiger partial charge on any atom is 0.421 e. The summed E-state index contributed by atoms with van der Waals surface area (Å²) < 4.78 is 38.9. The van der Waals surface area contributed by atoms with E-state index in [2.05, 4.69) is 20.1 Å². The number of nitrogens with two attached hydrogens (primary N) is 1. The lowest BCUT2D eigenvalue weighted by Gasteiger charge is -2.39. The minimum absolute atomic E-state index is 0.230. The lowest BCUT2D eigenvalue weighted by molar-refractivity contribution is -0.146. The second-order valence-corrected chi connectivity index (χ2v) is 12.9. The quantitative estimate of drug-likeness (QED) is 0.133. The standard InChI is InChI=1S/C30H39N6O8P/c1-4-20(5-2)15-41-29(39)19(3)34-18-45(40,44-22-9-7-6-8-10-22)42-16-24-26(37)27(38)30(43-24,21-13-32-14-21)25-12-11-23-28(31)33-17-35-36(23)25/h6-13,17-21,24,26-27,37-38H,4-5,14-16H2,1-3H3,(H2,31,33,35)/b34-18+/t19-,21?,24+,26+,27+,30-,45?/m0/s1. The van der Waals surface area contributed by atoms with Gasteiger partial charge in [0.2, 0.25) is 0 Å². The Balaban J connectivity index is 1.37. The molecular formula is C30H39N6O8P. The number of para-hydroxylation sites is 1. The van der Waals surface area contributed by atoms with Gasteiger partial charge in [0, 0.05) is 12.8 Å². The van der Waals surface area contributed by atoms with Gasteiger partial charge in [-0.2, -0.15) is 5.10 Å². The molecule has 0 spiro atoms. The van der Waals surface area contributed by atoms with Gasteiger partial charge in [0.1, 0.15) is 53.5 Å². The third-order valence-corrected chi connectivity index (χ3v) is 9.68. The topological polar surface area (TPSA) is 192 Å². The minimum Gasteiger partial charge on any atom is -0.464 e. The molecule has 0 radical (unpaired) electrons. The highest BCUT2D eigenvalue weighted by Gasteiger charge is 2.61. The molecule has 1 aromatic carbocycles. The van der Waals surface area contributed by atoms with E-state index in [-0.39, 0.29) is 24.1 Å². The van der Waals surface area contributed by atoms with Crippen LogP contribution in [0.15, 0.2) is 58.8 Å². The Morgan fingerprint density at radius 2 is 1.98 bits per heavy atom. The van der Waals surface area contributed by atoms with Crippen molar-refractivity contribution in [1.29, 1.82) is 0 Å². The summed E-state index contributed by atoms with van der Waals surface area (Å²) in [7, 11) is -4.19. The number of benzene rings is 1. The zero-order valence-electron chi connectivity index (χ0n) is 25.4. The zero-order chi connectivity index (χ0) is 32.2. The number of aliphatic hydroxyl groups excluding tert-OH is 2. The lowest BCUT2D eigenvalue weighted by atomic mass is 9.78. The summed E-state index contributed by atoms with van der Waals surface area (Å²) in [6, 6.07) is 10.8. The predicted molar refractivity (Wildman–Crippen MR) is 166 cm³/mol. The van der Waals surface area contributed by atoms with Gasteiger partial charge in [0.05, 0.1) is 24.8 Å². The van der Waals surface area contributed by atoms with Gasteiger partial charge in [-0.3, -0.25) is 14.5 Å². The van der Waals surface area contributed by atoms with Gasteiger partial charge < -0.3 is 29.9 Å². The summed E-state index contributed by atoms with van der Waals surface area (Å²) in [5.41, 5.74) is 5.49. The summed E-state index contributed by atoms with van der Waals surface area (Å²) in [6.45, 7) is 5.72. The first kappa shape index (κ1) is 32.7. The van der Waals surface area contributed by atoms with Crippen LogP contribution in [0.4, 0.5) is 5.82 Å². The summed E-state index contributed by atoms with van der Waals surface area (Å²) >= 11 is 0. The molecular weight excluding hydrogens is 603 g/mol. The van der Waals surface area contributed by atoms with Crippen molar-refractivity contribution in [3.05, 3.63) is 54.5 Å². The molecule has 15 heteroatoms. The second-order valence-electron chi connectivity index (χ2n) is 11.2. The van der Waals surface area contributed by atoms with Crippen LogP contribution in [0.25, 0.3) is 5.52 Å². The number of hydrogen-bond donors (Lipinski definition) is 3. The first-order chi connectivity index (χ1) is 21.6. The SMILES string of the molecule is CCC(CC)COC(=O)[C@H](C)/N=C/P(=O)(OC[C@H]1O[C@](c2ccc3c(N)ncnn23)(C2C=NC2)[C@H](O)[C@@H]1O)Oc1ccccc1. The van der Waals surface area contributed by atoms with E-state index in [0.717, 1.165) is 18.8 Å². The minimum atomic E-state index is -4.19. The van der Waals surface area contributed by atoms with Crippen LogP contribution in [0.5, 0.6) is 5.75 Å². The lowest BCUT2D eigenvalue weighted by Crippen LogP contribution is -2.51. The second kappa shape index (κ2) is 13.8. The molecule has 1 saturated heterocycles. The third-order valence-electron chi connectivity index (χ3n) is 8.29. The molecule has 14 nitrogen and oxygen atoms in total. The van der Waals surface area contributed by atoms with Crippen molar-refractivity contribution < 1.29 is 38.1 Å². The highest BCUT2D eigenvalue weighted by atomic mass is 31.2. The molecule has 0 amide bonds. The van der Waals surface area contributed by atoms with Crippen LogP contribution in [-0.2, 0) is 29.0 Å². The van der Waals surface area contributed by atoms with Crippen LogP contribution in [-0.4, -0.2) is 87.1 Å². The molecule has 45 heavy (non-hydrogen) atoms. The molecule has 2 aliphatic heterocycles. The summed E-state index contributed by atoms with van der Waals surface area (Å²) in [5.74, 6) is 0.685. The highest BCUT2D eigenvalue weighted by Crippen LogP contribution is 2.50. The molecule has 2 aliphatic rings. The maximum absolute atomic E-state index is 14.0. The number of carbonyl (C=O) groups excluding carboxylic acids is 1. The Hall–Kier alpha value is -3.68. The fourth-order valence-electron chi connectivity index (χ4n) is 5.37. The number of hydrogen-bond acceptors (Lipinski definition) is 13. The molecule has 7 atom stereocenters. The zero-order valence-corrected chi connectivity index (χ0v) is 26.3. The number of rotatable bonds is 14. The molecule has 5 rings (SSSR count). The largest absolute Gasteiger partial charge is 0.464 e. The van der Waals surface area contributed by atoms with E-state index in [1.165, 1.54) is 17.8 Å². The van der Waals surface area contributed by atoms with Crippen LogP contribution in [0, 0.1) is 11.8 Å². The van der Waals surface area contributed by atoms with Crippen LogP contribution in [0.1, 0.15) is 39.3 Å². The van der Waals surface area contributed by atoms with Crippen LogP contribution in [0.2, 0.25) is 0 Å². The summed E-state index contributed by atoms with van der Waals surface area (Å²) in [6.07, 6.45) is 0.624. The van der Waals surface area contributed by atoms with E-state index in [4.69, 9.17) is 24.3 Å². The molecule has 3 aromatic rings. The molecule has 1 fully saturated rings. The Bertz CT molecular complexity index is 1580. The van der Waals surface area contributed by atoms with Gasteiger partial charge in [-0.15, -0.1) is 0 Å². The van der Waals surface area contributed by atoms with E-state index in [1.54, 1.807) is 48.7 Å². The number of ether oxygens (including phenoxy) is 2. The van der Waals surface area contributed by atoms with Gasteiger partial charge >= 0.3 is 13.6 Å². The molecule has 4 N–H and O–H groups in total. The van der Waals surface area contributed by atoms with Crippen molar-refractivity contribution in [3.63, 3.8) is 0 Å².